The zero-order valence-electron chi connectivity index (χ0n) is 10.3. The van der Waals surface area contributed by atoms with Crippen molar-refractivity contribution in [3.63, 3.8) is 0 Å². The van der Waals surface area contributed by atoms with Gasteiger partial charge >= 0.3 is 12.0 Å². The minimum Gasteiger partial charge on any atom is -0.478 e. The van der Waals surface area contributed by atoms with E-state index in [1.807, 2.05) is 0 Å². The summed E-state index contributed by atoms with van der Waals surface area (Å²) in [6.45, 7) is 0.644. The van der Waals surface area contributed by atoms with Crippen LogP contribution in [0.15, 0.2) is 22.7 Å². The van der Waals surface area contributed by atoms with E-state index in [-0.39, 0.29) is 11.6 Å². The average molecular weight is 327 g/mol. The van der Waals surface area contributed by atoms with Gasteiger partial charge in [-0.2, -0.15) is 0 Å². The average Bonchev–Trinajstić information content (AvgIpc) is 2.29. The van der Waals surface area contributed by atoms with Gasteiger partial charge in [-0.1, -0.05) is 22.4 Å². The largest absolute Gasteiger partial charge is 0.478 e. The maximum absolute atomic E-state index is 11.7. The molecule has 2 amide bonds. The van der Waals surface area contributed by atoms with E-state index < -0.39 is 5.97 Å². The van der Waals surface area contributed by atoms with Gasteiger partial charge in [-0.3, -0.25) is 0 Å². The summed E-state index contributed by atoms with van der Waals surface area (Å²) < 4.78 is 0.658. The Hall–Kier alpha value is -1.56. The molecule has 1 aliphatic rings. The summed E-state index contributed by atoms with van der Waals surface area (Å²) in [6, 6.07) is 4.35. The van der Waals surface area contributed by atoms with E-state index in [1.54, 1.807) is 12.1 Å². The lowest BCUT2D eigenvalue weighted by Gasteiger charge is -2.25. The molecule has 0 bridgehead atoms. The standard InChI is InChI=1S/C13H15BrN2O3/c14-9-4-5-11(10(6-9)12(17)18)16-13(19)15-7-8-2-1-3-8/h4-6,8H,1-3,7H2,(H,17,18)(H2,15,16,19). The predicted octanol–water partition coefficient (Wildman–Crippen LogP) is 3.07. The first-order chi connectivity index (χ1) is 9.06. The fourth-order valence-electron chi connectivity index (χ4n) is 1.90. The van der Waals surface area contributed by atoms with Gasteiger partial charge in [-0.25, -0.2) is 9.59 Å². The Morgan fingerprint density at radius 3 is 2.68 bits per heavy atom. The number of urea groups is 1. The number of rotatable bonds is 4. The highest BCUT2D eigenvalue weighted by Gasteiger charge is 2.18. The lowest BCUT2D eigenvalue weighted by molar-refractivity contribution is 0.0698. The Morgan fingerprint density at radius 2 is 2.11 bits per heavy atom. The van der Waals surface area contributed by atoms with Crippen LogP contribution in [0.3, 0.4) is 0 Å². The molecule has 102 valence electrons. The molecule has 0 aliphatic heterocycles. The second kappa shape index (κ2) is 6.06. The van der Waals surface area contributed by atoms with Crippen LogP contribution in [0.2, 0.25) is 0 Å². The molecule has 0 saturated heterocycles. The number of hydrogen-bond acceptors (Lipinski definition) is 2. The number of halogens is 1. The van der Waals surface area contributed by atoms with Gasteiger partial charge in [0.2, 0.25) is 0 Å². The number of amides is 2. The number of nitrogens with one attached hydrogen (secondary N) is 2. The minimum atomic E-state index is -1.07. The number of carboxylic acids is 1. The quantitative estimate of drug-likeness (QED) is 0.795. The van der Waals surface area contributed by atoms with Crippen molar-refractivity contribution in [3.05, 3.63) is 28.2 Å². The fourth-order valence-corrected chi connectivity index (χ4v) is 2.26. The molecule has 19 heavy (non-hydrogen) atoms. The zero-order valence-corrected chi connectivity index (χ0v) is 11.9. The maximum atomic E-state index is 11.7. The van der Waals surface area contributed by atoms with E-state index in [1.165, 1.54) is 12.5 Å². The van der Waals surface area contributed by atoms with Crippen molar-refractivity contribution in [2.24, 2.45) is 5.92 Å². The van der Waals surface area contributed by atoms with E-state index in [0.717, 1.165) is 12.8 Å². The molecule has 0 radical (unpaired) electrons. The van der Waals surface area contributed by atoms with Crippen molar-refractivity contribution in [3.8, 4) is 0 Å². The molecule has 0 atom stereocenters. The highest BCUT2D eigenvalue weighted by atomic mass is 79.9. The number of anilines is 1. The predicted molar refractivity (Wildman–Crippen MR) is 75.5 cm³/mol. The van der Waals surface area contributed by atoms with Crippen molar-refractivity contribution >= 4 is 33.6 Å². The van der Waals surface area contributed by atoms with Gasteiger partial charge in [-0.15, -0.1) is 0 Å². The van der Waals surface area contributed by atoms with Gasteiger partial charge < -0.3 is 15.7 Å². The van der Waals surface area contributed by atoms with Crippen molar-refractivity contribution in [1.29, 1.82) is 0 Å². The van der Waals surface area contributed by atoms with Gasteiger partial charge in [0.1, 0.15) is 0 Å². The van der Waals surface area contributed by atoms with Gasteiger partial charge in [-0.05, 0) is 37.0 Å². The first-order valence-corrected chi connectivity index (χ1v) is 6.93. The van der Waals surface area contributed by atoms with Gasteiger partial charge in [0.15, 0.2) is 0 Å². The molecule has 1 aromatic carbocycles. The van der Waals surface area contributed by atoms with Crippen LogP contribution in [-0.2, 0) is 0 Å². The summed E-state index contributed by atoms with van der Waals surface area (Å²) in [6.07, 6.45) is 3.53. The first-order valence-electron chi connectivity index (χ1n) is 6.14. The van der Waals surface area contributed by atoms with Crippen LogP contribution < -0.4 is 10.6 Å². The fraction of sp³-hybridized carbons (Fsp3) is 0.385. The van der Waals surface area contributed by atoms with Crippen LogP contribution in [0, 0.1) is 5.92 Å². The number of benzene rings is 1. The SMILES string of the molecule is O=C(NCC1CCC1)Nc1ccc(Br)cc1C(=O)O. The van der Waals surface area contributed by atoms with E-state index in [2.05, 4.69) is 26.6 Å². The van der Waals surface area contributed by atoms with Crippen LogP contribution in [0.25, 0.3) is 0 Å². The smallest absolute Gasteiger partial charge is 0.337 e. The Bertz CT molecular complexity index is 501. The highest BCUT2D eigenvalue weighted by molar-refractivity contribution is 9.10. The third-order valence-corrected chi connectivity index (χ3v) is 3.73. The van der Waals surface area contributed by atoms with Crippen molar-refractivity contribution in [1.82, 2.24) is 5.32 Å². The number of carboxylic acid groups (broad SMARTS) is 1. The van der Waals surface area contributed by atoms with Gasteiger partial charge in [0.05, 0.1) is 11.3 Å². The third-order valence-electron chi connectivity index (χ3n) is 3.24. The van der Waals surface area contributed by atoms with Gasteiger partial charge in [0.25, 0.3) is 0 Å². The zero-order chi connectivity index (χ0) is 13.8. The Kier molecular flexibility index (Phi) is 4.42. The maximum Gasteiger partial charge on any atom is 0.337 e. The topological polar surface area (TPSA) is 78.4 Å². The van der Waals surface area contributed by atoms with Gasteiger partial charge in [0, 0.05) is 11.0 Å². The Balaban J connectivity index is 1.97. The summed E-state index contributed by atoms with van der Waals surface area (Å²) >= 11 is 3.21. The van der Waals surface area contributed by atoms with Crippen LogP contribution in [0.4, 0.5) is 10.5 Å². The molecule has 6 heteroatoms. The third kappa shape index (κ3) is 3.70. The number of carbonyl (C=O) groups is 2. The summed E-state index contributed by atoms with van der Waals surface area (Å²) in [4.78, 5) is 22.8. The van der Waals surface area contributed by atoms with Crippen LogP contribution in [0.1, 0.15) is 29.6 Å². The second-order valence-electron chi connectivity index (χ2n) is 4.63. The highest BCUT2D eigenvalue weighted by Crippen LogP contribution is 2.25. The molecule has 0 heterocycles. The van der Waals surface area contributed by atoms with E-state index >= 15 is 0 Å². The lowest BCUT2D eigenvalue weighted by Crippen LogP contribution is -2.35. The molecular weight excluding hydrogens is 312 g/mol. The minimum absolute atomic E-state index is 0.0631. The van der Waals surface area contributed by atoms with Crippen LogP contribution >= 0.6 is 15.9 Å². The summed E-state index contributed by atoms with van der Waals surface area (Å²) in [5.74, 6) is -0.509. The molecule has 0 aromatic heterocycles. The molecule has 1 saturated carbocycles. The normalized spacial score (nSPS) is 14.6. The molecule has 0 spiro atoms. The first kappa shape index (κ1) is 13.9. The molecule has 2 rings (SSSR count). The van der Waals surface area contributed by atoms with Crippen LogP contribution in [-0.4, -0.2) is 23.7 Å². The van der Waals surface area contributed by atoms with E-state index in [9.17, 15) is 9.59 Å². The molecule has 1 aromatic rings. The van der Waals surface area contributed by atoms with Crippen molar-refractivity contribution < 1.29 is 14.7 Å². The summed E-state index contributed by atoms with van der Waals surface area (Å²) in [5.41, 5.74) is 0.356. The second-order valence-corrected chi connectivity index (χ2v) is 5.54. The van der Waals surface area contributed by atoms with Crippen molar-refractivity contribution in [2.75, 3.05) is 11.9 Å². The molecule has 0 unspecified atom stereocenters. The molecule has 5 nitrogen and oxygen atoms in total. The van der Waals surface area contributed by atoms with Crippen molar-refractivity contribution in [2.45, 2.75) is 19.3 Å². The lowest BCUT2D eigenvalue weighted by atomic mass is 9.85. The monoisotopic (exact) mass is 326 g/mol. The molecule has 1 aliphatic carbocycles. The summed E-state index contributed by atoms with van der Waals surface area (Å²) in [7, 11) is 0. The summed E-state index contributed by atoms with van der Waals surface area (Å²) in [5, 5.41) is 14.4. The number of carbonyl (C=O) groups excluding carboxylic acids is 1. The van der Waals surface area contributed by atoms with Crippen LogP contribution in [0.5, 0.6) is 0 Å². The molecule has 1 fully saturated rings. The Labute approximate surface area is 119 Å². The molecule has 3 N–H and O–H groups in total. The Morgan fingerprint density at radius 1 is 1.37 bits per heavy atom. The number of aromatic carboxylic acids is 1. The number of hydrogen-bond donors (Lipinski definition) is 3. The van der Waals surface area contributed by atoms with E-state index in [0.29, 0.717) is 22.6 Å². The molecular formula is C13H15BrN2O3. The van der Waals surface area contributed by atoms with E-state index in [4.69, 9.17) is 5.11 Å².